The Morgan fingerprint density at radius 1 is 1.14 bits per heavy atom. The number of aromatic nitrogens is 4. The number of aromatic amines is 1. The van der Waals surface area contributed by atoms with E-state index in [9.17, 15) is 18.0 Å². The SMILES string of the molecule is CCc1nc(C2CCC(C(F)(F)F)CC2)n2nc(-c3ccccc3)[nH]c(=O)c12. The van der Waals surface area contributed by atoms with Crippen LogP contribution in [0.3, 0.4) is 0 Å². The summed E-state index contributed by atoms with van der Waals surface area (Å²) in [5.41, 5.74) is 1.49. The number of alkyl halides is 3. The quantitative estimate of drug-likeness (QED) is 0.717. The molecule has 1 N–H and O–H groups in total. The van der Waals surface area contributed by atoms with Crippen LogP contribution in [0.15, 0.2) is 35.1 Å². The van der Waals surface area contributed by atoms with E-state index in [-0.39, 0.29) is 24.3 Å². The molecule has 2 heterocycles. The average molecular weight is 390 g/mol. The highest BCUT2D eigenvalue weighted by Gasteiger charge is 2.42. The van der Waals surface area contributed by atoms with E-state index in [2.05, 4.69) is 15.1 Å². The summed E-state index contributed by atoms with van der Waals surface area (Å²) in [6.07, 6.45) is -2.65. The molecule has 0 atom stereocenters. The van der Waals surface area contributed by atoms with Crippen LogP contribution in [0.25, 0.3) is 16.9 Å². The molecule has 2 aromatic heterocycles. The van der Waals surface area contributed by atoms with Gasteiger partial charge in [-0.3, -0.25) is 4.79 Å². The predicted molar refractivity (Wildman–Crippen MR) is 99.2 cm³/mol. The van der Waals surface area contributed by atoms with Gasteiger partial charge in [-0.2, -0.15) is 13.2 Å². The largest absolute Gasteiger partial charge is 0.391 e. The van der Waals surface area contributed by atoms with Crippen molar-refractivity contribution in [2.75, 3.05) is 0 Å². The lowest BCUT2D eigenvalue weighted by atomic mass is 9.81. The third-order valence-corrected chi connectivity index (χ3v) is 5.54. The molecule has 3 aromatic rings. The molecule has 1 aromatic carbocycles. The van der Waals surface area contributed by atoms with Crippen molar-refractivity contribution in [3.8, 4) is 11.4 Å². The van der Waals surface area contributed by atoms with Gasteiger partial charge in [-0.05, 0) is 32.1 Å². The molecule has 0 spiro atoms. The Kier molecular flexibility index (Phi) is 4.72. The number of fused-ring (bicyclic) bond motifs is 1. The Morgan fingerprint density at radius 3 is 2.43 bits per heavy atom. The molecular weight excluding hydrogens is 369 g/mol. The highest BCUT2D eigenvalue weighted by atomic mass is 19.4. The molecule has 0 radical (unpaired) electrons. The third kappa shape index (κ3) is 3.31. The molecule has 28 heavy (non-hydrogen) atoms. The first kappa shape index (κ1) is 18.7. The minimum Gasteiger partial charge on any atom is -0.303 e. The number of aryl methyl sites for hydroxylation is 1. The maximum Gasteiger partial charge on any atom is 0.391 e. The number of imidazole rings is 1. The van der Waals surface area contributed by atoms with E-state index in [4.69, 9.17) is 0 Å². The minimum absolute atomic E-state index is 0.0826. The summed E-state index contributed by atoms with van der Waals surface area (Å²) >= 11 is 0. The fourth-order valence-electron chi connectivity index (χ4n) is 4.01. The van der Waals surface area contributed by atoms with Crippen LogP contribution in [0.4, 0.5) is 13.2 Å². The van der Waals surface area contributed by atoms with Gasteiger partial charge in [-0.1, -0.05) is 37.3 Å². The number of rotatable bonds is 3. The molecule has 5 nitrogen and oxygen atoms in total. The zero-order valence-electron chi connectivity index (χ0n) is 15.5. The predicted octanol–water partition coefficient (Wildman–Crippen LogP) is 4.48. The molecule has 1 saturated carbocycles. The molecule has 148 valence electrons. The van der Waals surface area contributed by atoms with E-state index in [1.165, 1.54) is 0 Å². The highest BCUT2D eigenvalue weighted by Crippen LogP contribution is 2.42. The first-order chi connectivity index (χ1) is 13.4. The van der Waals surface area contributed by atoms with E-state index >= 15 is 0 Å². The zero-order chi connectivity index (χ0) is 19.9. The van der Waals surface area contributed by atoms with E-state index in [0.29, 0.717) is 42.1 Å². The number of nitrogens with one attached hydrogen (secondary N) is 1. The van der Waals surface area contributed by atoms with Gasteiger partial charge in [0.15, 0.2) is 11.3 Å². The average Bonchev–Trinajstić information content (AvgIpc) is 3.07. The molecule has 0 aliphatic heterocycles. The Bertz CT molecular complexity index is 1030. The van der Waals surface area contributed by atoms with Crippen LogP contribution in [-0.4, -0.2) is 25.8 Å². The smallest absolute Gasteiger partial charge is 0.303 e. The second-order valence-electron chi connectivity index (χ2n) is 7.29. The van der Waals surface area contributed by atoms with Gasteiger partial charge in [0.05, 0.1) is 11.6 Å². The van der Waals surface area contributed by atoms with Crippen LogP contribution in [0.5, 0.6) is 0 Å². The van der Waals surface area contributed by atoms with Crippen molar-refractivity contribution in [3.05, 3.63) is 52.2 Å². The van der Waals surface area contributed by atoms with Gasteiger partial charge in [0.1, 0.15) is 5.82 Å². The van der Waals surface area contributed by atoms with Gasteiger partial charge in [0.25, 0.3) is 5.56 Å². The van der Waals surface area contributed by atoms with E-state index in [0.717, 1.165) is 5.56 Å². The lowest BCUT2D eigenvalue weighted by molar-refractivity contribution is -0.182. The van der Waals surface area contributed by atoms with Gasteiger partial charge in [0.2, 0.25) is 0 Å². The number of H-pyrrole nitrogens is 1. The summed E-state index contributed by atoms with van der Waals surface area (Å²) in [6, 6.07) is 9.26. The van der Waals surface area contributed by atoms with Crippen molar-refractivity contribution in [3.63, 3.8) is 0 Å². The van der Waals surface area contributed by atoms with Gasteiger partial charge < -0.3 is 4.98 Å². The summed E-state index contributed by atoms with van der Waals surface area (Å²) in [4.78, 5) is 20.1. The lowest BCUT2D eigenvalue weighted by Gasteiger charge is -2.29. The maximum absolute atomic E-state index is 13.0. The Morgan fingerprint density at radius 2 is 1.82 bits per heavy atom. The van der Waals surface area contributed by atoms with Crippen molar-refractivity contribution in [2.45, 2.75) is 51.1 Å². The van der Waals surface area contributed by atoms with Crippen molar-refractivity contribution in [1.29, 1.82) is 0 Å². The van der Waals surface area contributed by atoms with Crippen molar-refractivity contribution in [1.82, 2.24) is 19.6 Å². The standard InChI is InChI=1S/C20H21F3N4O/c1-2-15-16-19(28)25-17(12-6-4-3-5-7-12)26-27(16)18(24-15)13-8-10-14(11-9-13)20(21,22)23/h3-7,13-14H,2,8-11H2,1H3,(H,25,26,28). The van der Waals surface area contributed by atoms with Crippen molar-refractivity contribution in [2.24, 2.45) is 5.92 Å². The third-order valence-electron chi connectivity index (χ3n) is 5.54. The van der Waals surface area contributed by atoms with Crippen molar-refractivity contribution >= 4 is 5.52 Å². The molecule has 0 unspecified atom stereocenters. The Balaban J connectivity index is 1.77. The first-order valence-electron chi connectivity index (χ1n) is 9.52. The number of halogens is 3. The van der Waals surface area contributed by atoms with Crippen LogP contribution in [0.2, 0.25) is 0 Å². The zero-order valence-corrected chi connectivity index (χ0v) is 15.5. The molecule has 1 aliphatic carbocycles. The second-order valence-corrected chi connectivity index (χ2v) is 7.29. The molecule has 8 heteroatoms. The van der Waals surface area contributed by atoms with Crippen LogP contribution in [-0.2, 0) is 6.42 Å². The minimum atomic E-state index is -4.15. The van der Waals surface area contributed by atoms with Crippen LogP contribution < -0.4 is 5.56 Å². The summed E-state index contributed by atoms with van der Waals surface area (Å²) < 4.78 is 40.5. The molecule has 1 aliphatic rings. The summed E-state index contributed by atoms with van der Waals surface area (Å²) in [5.74, 6) is -0.375. The maximum atomic E-state index is 13.0. The normalized spacial score (nSPS) is 20.6. The molecular formula is C20H21F3N4O. The van der Waals surface area contributed by atoms with Gasteiger partial charge in [0, 0.05) is 11.5 Å². The Hall–Kier alpha value is -2.64. The summed E-state index contributed by atoms with van der Waals surface area (Å²) in [6.45, 7) is 1.90. The van der Waals surface area contributed by atoms with Gasteiger partial charge in [-0.15, -0.1) is 5.10 Å². The van der Waals surface area contributed by atoms with E-state index in [1.54, 1.807) is 4.52 Å². The summed E-state index contributed by atoms with van der Waals surface area (Å²) in [5, 5.41) is 4.59. The van der Waals surface area contributed by atoms with Crippen LogP contribution in [0, 0.1) is 5.92 Å². The first-order valence-corrected chi connectivity index (χ1v) is 9.52. The lowest BCUT2D eigenvalue weighted by Crippen LogP contribution is -2.28. The fourth-order valence-corrected chi connectivity index (χ4v) is 4.01. The van der Waals surface area contributed by atoms with E-state index in [1.807, 2.05) is 37.3 Å². The molecule has 4 rings (SSSR count). The number of benzene rings is 1. The van der Waals surface area contributed by atoms with Gasteiger partial charge in [-0.25, -0.2) is 9.50 Å². The Labute approximate surface area is 159 Å². The monoisotopic (exact) mass is 390 g/mol. The topological polar surface area (TPSA) is 63.1 Å². The second kappa shape index (κ2) is 7.07. The van der Waals surface area contributed by atoms with Crippen molar-refractivity contribution < 1.29 is 13.2 Å². The molecule has 0 saturated heterocycles. The highest BCUT2D eigenvalue weighted by molar-refractivity contribution is 5.58. The molecule has 0 bridgehead atoms. The number of nitrogens with zero attached hydrogens (tertiary/aromatic N) is 3. The number of hydrogen-bond donors (Lipinski definition) is 1. The number of hydrogen-bond acceptors (Lipinski definition) is 3. The van der Waals surface area contributed by atoms with Crippen LogP contribution >= 0.6 is 0 Å². The fraction of sp³-hybridized carbons (Fsp3) is 0.450. The molecule has 1 fully saturated rings. The molecule has 0 amide bonds. The summed E-state index contributed by atoms with van der Waals surface area (Å²) in [7, 11) is 0. The van der Waals surface area contributed by atoms with E-state index < -0.39 is 12.1 Å². The van der Waals surface area contributed by atoms with Crippen LogP contribution in [0.1, 0.15) is 50.0 Å². The van der Waals surface area contributed by atoms with Gasteiger partial charge >= 0.3 is 6.18 Å².